The first-order valence-electron chi connectivity index (χ1n) is 8.21. The molecule has 2 aliphatic rings. The van der Waals surface area contributed by atoms with Gasteiger partial charge in [-0.05, 0) is 36.5 Å². The maximum Gasteiger partial charge on any atom is 0.416 e. The van der Waals surface area contributed by atoms with Crippen LogP contribution in [0.25, 0.3) is 0 Å². The van der Waals surface area contributed by atoms with Gasteiger partial charge in [0.2, 0.25) is 5.91 Å². The van der Waals surface area contributed by atoms with E-state index in [0.29, 0.717) is 37.8 Å². The summed E-state index contributed by atoms with van der Waals surface area (Å²) in [6, 6.07) is 5.18. The van der Waals surface area contributed by atoms with Crippen LogP contribution in [0.4, 0.5) is 13.2 Å². The van der Waals surface area contributed by atoms with Crippen LogP contribution in [0.5, 0.6) is 0 Å². The molecular weight excluding hydrogens is 321 g/mol. The Balaban J connectivity index is 1.66. The van der Waals surface area contributed by atoms with Crippen molar-refractivity contribution >= 4 is 5.91 Å². The fourth-order valence-corrected chi connectivity index (χ4v) is 3.02. The number of amides is 1. The number of benzene rings is 1. The minimum absolute atomic E-state index is 0.0316. The van der Waals surface area contributed by atoms with E-state index in [-0.39, 0.29) is 18.5 Å². The smallest absolute Gasteiger partial charge is 0.378 e. The number of nitrogens with zero attached hydrogens (tertiary/aromatic N) is 1. The van der Waals surface area contributed by atoms with Crippen molar-refractivity contribution in [3.05, 3.63) is 35.4 Å². The summed E-state index contributed by atoms with van der Waals surface area (Å²) in [5.74, 6) is 0.266. The summed E-state index contributed by atoms with van der Waals surface area (Å²) in [6.07, 6.45) is -2.41. The molecule has 1 aromatic carbocycles. The van der Waals surface area contributed by atoms with E-state index in [1.807, 2.05) is 0 Å². The van der Waals surface area contributed by atoms with Crippen molar-refractivity contribution in [2.75, 3.05) is 32.8 Å². The molecule has 0 bridgehead atoms. The predicted octanol–water partition coefficient (Wildman–Crippen LogP) is 2.60. The lowest BCUT2D eigenvalue weighted by Gasteiger charge is -2.28. The van der Waals surface area contributed by atoms with Gasteiger partial charge in [-0.3, -0.25) is 4.79 Å². The van der Waals surface area contributed by atoms with Gasteiger partial charge >= 0.3 is 6.18 Å². The standard InChI is InChI=1S/C17H21F3N2O2/c18-17(19,20)14-3-1-2-13(10-14)16(12-4-5-12)21-11-15(23)22-6-8-24-9-7-22/h1-3,10,12,16,21H,4-9,11H2/t16-/m0/s1. The van der Waals surface area contributed by atoms with E-state index in [1.54, 1.807) is 11.0 Å². The second kappa shape index (κ2) is 7.11. The molecule has 1 amide bonds. The van der Waals surface area contributed by atoms with Crippen LogP contribution in [-0.4, -0.2) is 43.7 Å². The number of nitrogens with one attached hydrogen (secondary N) is 1. The summed E-state index contributed by atoms with van der Waals surface area (Å²) < 4.78 is 44.0. The zero-order valence-corrected chi connectivity index (χ0v) is 13.3. The maximum absolute atomic E-state index is 12.9. The Hall–Kier alpha value is -1.60. The molecule has 7 heteroatoms. The highest BCUT2D eigenvalue weighted by Gasteiger charge is 2.35. The summed E-state index contributed by atoms with van der Waals surface area (Å²) in [6.45, 7) is 2.34. The summed E-state index contributed by atoms with van der Waals surface area (Å²) >= 11 is 0. The SMILES string of the molecule is O=C(CN[C@H](c1cccc(C(F)(F)F)c1)C1CC1)N1CCOCC1. The molecule has 0 spiro atoms. The molecule has 24 heavy (non-hydrogen) atoms. The van der Waals surface area contributed by atoms with E-state index in [9.17, 15) is 18.0 Å². The molecule has 2 fully saturated rings. The van der Waals surface area contributed by atoms with Gasteiger partial charge in [0.05, 0.1) is 25.3 Å². The Morgan fingerprint density at radius 2 is 2.00 bits per heavy atom. The Morgan fingerprint density at radius 3 is 2.62 bits per heavy atom. The summed E-state index contributed by atoms with van der Waals surface area (Å²) in [7, 11) is 0. The quantitative estimate of drug-likeness (QED) is 0.894. The van der Waals surface area contributed by atoms with E-state index in [1.165, 1.54) is 12.1 Å². The number of carbonyl (C=O) groups is 1. The number of alkyl halides is 3. The van der Waals surface area contributed by atoms with Crippen LogP contribution in [-0.2, 0) is 15.7 Å². The second-order valence-corrected chi connectivity index (χ2v) is 6.31. The van der Waals surface area contributed by atoms with Crippen molar-refractivity contribution in [2.45, 2.75) is 25.1 Å². The van der Waals surface area contributed by atoms with E-state index in [2.05, 4.69) is 5.32 Å². The topological polar surface area (TPSA) is 41.6 Å². The fraction of sp³-hybridized carbons (Fsp3) is 0.588. The molecule has 1 aliphatic heterocycles. The number of hydrogen-bond donors (Lipinski definition) is 1. The lowest BCUT2D eigenvalue weighted by Crippen LogP contribution is -2.45. The molecule has 0 aromatic heterocycles. The van der Waals surface area contributed by atoms with Gasteiger partial charge in [-0.25, -0.2) is 0 Å². The molecule has 1 heterocycles. The van der Waals surface area contributed by atoms with Crippen LogP contribution in [0.3, 0.4) is 0 Å². The lowest BCUT2D eigenvalue weighted by molar-refractivity contribution is -0.137. The second-order valence-electron chi connectivity index (χ2n) is 6.31. The molecule has 1 aromatic rings. The van der Waals surface area contributed by atoms with Gasteiger partial charge < -0.3 is 15.0 Å². The number of ether oxygens (including phenoxy) is 1. The third-order valence-electron chi connectivity index (χ3n) is 4.50. The average molecular weight is 342 g/mol. The highest BCUT2D eigenvalue weighted by molar-refractivity contribution is 5.78. The molecule has 1 saturated heterocycles. The highest BCUT2D eigenvalue weighted by atomic mass is 19.4. The maximum atomic E-state index is 12.9. The molecule has 132 valence electrons. The Kier molecular flexibility index (Phi) is 5.10. The largest absolute Gasteiger partial charge is 0.416 e. The van der Waals surface area contributed by atoms with Crippen molar-refractivity contribution < 1.29 is 22.7 Å². The number of morpholine rings is 1. The monoisotopic (exact) mass is 342 g/mol. The van der Waals surface area contributed by atoms with Crippen LogP contribution >= 0.6 is 0 Å². The van der Waals surface area contributed by atoms with Gasteiger partial charge in [-0.2, -0.15) is 13.2 Å². The first kappa shape index (κ1) is 17.2. The van der Waals surface area contributed by atoms with Crippen LogP contribution < -0.4 is 5.32 Å². The molecule has 0 radical (unpaired) electrons. The number of halogens is 3. The van der Waals surface area contributed by atoms with Crippen LogP contribution in [0.2, 0.25) is 0 Å². The zero-order chi connectivity index (χ0) is 17.2. The minimum atomic E-state index is -4.35. The minimum Gasteiger partial charge on any atom is -0.378 e. The van der Waals surface area contributed by atoms with Crippen molar-refractivity contribution in [1.29, 1.82) is 0 Å². The molecule has 1 aliphatic carbocycles. The van der Waals surface area contributed by atoms with E-state index >= 15 is 0 Å². The van der Waals surface area contributed by atoms with E-state index < -0.39 is 11.7 Å². The van der Waals surface area contributed by atoms with Gasteiger partial charge in [0.15, 0.2) is 0 Å². The Morgan fingerprint density at radius 1 is 1.29 bits per heavy atom. The normalized spacial score (nSPS) is 20.0. The average Bonchev–Trinajstić information content (AvgIpc) is 3.40. The third-order valence-corrected chi connectivity index (χ3v) is 4.50. The lowest BCUT2D eigenvalue weighted by atomic mass is 10.00. The van der Waals surface area contributed by atoms with Crippen molar-refractivity contribution in [3.8, 4) is 0 Å². The van der Waals surface area contributed by atoms with Crippen molar-refractivity contribution in [3.63, 3.8) is 0 Å². The van der Waals surface area contributed by atoms with Crippen molar-refractivity contribution in [1.82, 2.24) is 10.2 Å². The molecule has 1 saturated carbocycles. The van der Waals surface area contributed by atoms with Gasteiger partial charge in [0.25, 0.3) is 0 Å². The highest BCUT2D eigenvalue weighted by Crippen LogP contribution is 2.42. The molecule has 3 rings (SSSR count). The first-order valence-corrected chi connectivity index (χ1v) is 8.21. The Labute approximate surface area is 139 Å². The van der Waals surface area contributed by atoms with Gasteiger partial charge in [0.1, 0.15) is 0 Å². The third kappa shape index (κ3) is 4.27. The fourth-order valence-electron chi connectivity index (χ4n) is 3.02. The van der Waals surface area contributed by atoms with E-state index in [0.717, 1.165) is 18.9 Å². The summed E-state index contributed by atoms with van der Waals surface area (Å²) in [4.78, 5) is 14.0. The number of hydrogen-bond acceptors (Lipinski definition) is 3. The molecule has 4 nitrogen and oxygen atoms in total. The molecule has 0 unspecified atom stereocenters. The molecule has 1 N–H and O–H groups in total. The summed E-state index contributed by atoms with van der Waals surface area (Å²) in [5.41, 5.74) is -0.0472. The predicted molar refractivity (Wildman–Crippen MR) is 82.3 cm³/mol. The number of carbonyl (C=O) groups excluding carboxylic acids is 1. The molecular formula is C17H21F3N2O2. The van der Waals surface area contributed by atoms with E-state index in [4.69, 9.17) is 4.74 Å². The van der Waals surface area contributed by atoms with Crippen LogP contribution in [0.15, 0.2) is 24.3 Å². The number of rotatable bonds is 5. The van der Waals surface area contributed by atoms with Gasteiger partial charge in [-0.15, -0.1) is 0 Å². The van der Waals surface area contributed by atoms with Crippen LogP contribution in [0, 0.1) is 5.92 Å². The van der Waals surface area contributed by atoms with Crippen LogP contribution in [0.1, 0.15) is 30.0 Å². The van der Waals surface area contributed by atoms with Gasteiger partial charge in [-0.1, -0.05) is 12.1 Å². The first-order chi connectivity index (χ1) is 11.4. The van der Waals surface area contributed by atoms with Crippen molar-refractivity contribution in [2.24, 2.45) is 5.92 Å². The summed E-state index contributed by atoms with van der Waals surface area (Å²) in [5, 5.41) is 3.17. The van der Waals surface area contributed by atoms with Gasteiger partial charge in [0, 0.05) is 19.1 Å². The Bertz CT molecular complexity index is 581. The zero-order valence-electron chi connectivity index (χ0n) is 13.3. The molecule has 1 atom stereocenters.